The molecule has 0 bridgehead atoms. The largest absolute Gasteiger partial charge is 0.487 e. The van der Waals surface area contributed by atoms with E-state index < -0.39 is 0 Å². The van der Waals surface area contributed by atoms with E-state index in [0.29, 0.717) is 185 Å². The molecule has 0 aliphatic carbocycles. The molecule has 19 heteroatoms. The van der Waals surface area contributed by atoms with Gasteiger partial charge in [-0.3, -0.25) is 9.97 Å². The van der Waals surface area contributed by atoms with Crippen LogP contribution < -0.4 is 14.2 Å². The van der Waals surface area contributed by atoms with Gasteiger partial charge >= 0.3 is 0 Å². The van der Waals surface area contributed by atoms with Crippen molar-refractivity contribution in [3.05, 3.63) is 78.2 Å². The molecule has 0 spiro atoms. The summed E-state index contributed by atoms with van der Waals surface area (Å²) in [6.45, 7) is 9.96. The van der Waals surface area contributed by atoms with Crippen molar-refractivity contribution >= 4 is 12.2 Å². The molecule has 0 amide bonds. The third-order valence-electron chi connectivity index (χ3n) is 9.03. The maximum Gasteiger partial charge on any atom is 0.203 e. The van der Waals surface area contributed by atoms with E-state index in [1.807, 2.05) is 66.7 Å². The van der Waals surface area contributed by atoms with Crippen LogP contribution in [-0.2, 0) is 56.8 Å². The predicted octanol–water partition coefficient (Wildman–Crippen LogP) is 5.00. The van der Waals surface area contributed by atoms with E-state index in [1.54, 1.807) is 33.7 Å². The van der Waals surface area contributed by atoms with Gasteiger partial charge in [-0.05, 0) is 54.1 Å². The lowest BCUT2D eigenvalue weighted by Gasteiger charge is -2.18. The summed E-state index contributed by atoms with van der Waals surface area (Å²) < 4.78 is 84.7. The van der Waals surface area contributed by atoms with Crippen LogP contribution in [0.4, 0.5) is 0 Å². The second kappa shape index (κ2) is 38.1. The molecule has 0 fully saturated rings. The molecule has 19 nitrogen and oxygen atoms in total. The molecule has 0 saturated heterocycles. The highest BCUT2D eigenvalue weighted by atomic mass is 16.6. The predicted molar refractivity (Wildman–Crippen MR) is 253 cm³/mol. The number of nitrogens with zero attached hydrogens (tertiary/aromatic N) is 4. The quantitative estimate of drug-likeness (QED) is 0.0539. The fraction of sp³-hybridized carbons (Fsp3) is 0.551. The Balaban J connectivity index is 1.48. The van der Waals surface area contributed by atoms with Gasteiger partial charge in [0, 0.05) is 33.7 Å². The SMILES string of the molecule is COCCOCCOCCOCCOc1cc(/C=C/c2cc(-c3ccccn3)nc(-c3ccccn3)n2)cc(OCCOCCOCCOCCOC)c1OCCOCCOCCOCCOC. The third kappa shape index (κ3) is 25.0. The summed E-state index contributed by atoms with van der Waals surface area (Å²) in [5, 5.41) is 0. The Morgan fingerprint density at radius 1 is 0.368 bits per heavy atom. The summed E-state index contributed by atoms with van der Waals surface area (Å²) in [5.41, 5.74) is 3.38. The van der Waals surface area contributed by atoms with Crippen LogP contribution in [0.2, 0.25) is 0 Å². The fourth-order valence-corrected chi connectivity index (χ4v) is 5.71. The van der Waals surface area contributed by atoms with Crippen molar-refractivity contribution in [2.45, 2.75) is 0 Å². The van der Waals surface area contributed by atoms with Gasteiger partial charge in [0.1, 0.15) is 25.5 Å². The lowest BCUT2D eigenvalue weighted by Crippen LogP contribution is -2.16. The molecule has 3 aromatic heterocycles. The Morgan fingerprint density at radius 3 is 1.15 bits per heavy atom. The smallest absolute Gasteiger partial charge is 0.203 e. The molecule has 0 radical (unpaired) electrons. The number of pyridine rings is 2. The molecule has 376 valence electrons. The summed E-state index contributed by atoms with van der Waals surface area (Å²) in [7, 11) is 4.91. The second-order valence-corrected chi connectivity index (χ2v) is 14.1. The van der Waals surface area contributed by atoms with Crippen molar-refractivity contribution in [1.29, 1.82) is 0 Å². The van der Waals surface area contributed by atoms with Crippen molar-refractivity contribution in [1.82, 2.24) is 19.9 Å². The first kappa shape index (κ1) is 55.9. The Hall–Kier alpha value is -4.74. The van der Waals surface area contributed by atoms with Crippen molar-refractivity contribution in [2.24, 2.45) is 0 Å². The van der Waals surface area contributed by atoms with Gasteiger partial charge in [0.2, 0.25) is 5.75 Å². The van der Waals surface area contributed by atoms with Crippen LogP contribution in [0.25, 0.3) is 35.1 Å². The van der Waals surface area contributed by atoms with E-state index in [4.69, 9.17) is 81.0 Å². The number of hydrogen-bond acceptors (Lipinski definition) is 19. The van der Waals surface area contributed by atoms with Gasteiger partial charge in [-0.2, -0.15) is 0 Å². The van der Waals surface area contributed by atoms with Gasteiger partial charge < -0.3 is 71.1 Å². The number of hydrogen-bond donors (Lipinski definition) is 0. The van der Waals surface area contributed by atoms with Gasteiger partial charge in [-0.15, -0.1) is 0 Å². The zero-order valence-corrected chi connectivity index (χ0v) is 39.9. The van der Waals surface area contributed by atoms with E-state index in [9.17, 15) is 0 Å². The number of methoxy groups -OCH3 is 3. The molecule has 0 unspecified atom stereocenters. The normalized spacial score (nSPS) is 11.5. The highest BCUT2D eigenvalue weighted by molar-refractivity contribution is 5.74. The first-order valence-electron chi connectivity index (χ1n) is 22.8. The first-order valence-corrected chi connectivity index (χ1v) is 22.8. The lowest BCUT2D eigenvalue weighted by molar-refractivity contribution is -0.00160. The monoisotopic (exact) mass is 954 g/mol. The van der Waals surface area contributed by atoms with E-state index in [2.05, 4.69) is 9.97 Å². The van der Waals surface area contributed by atoms with Crippen molar-refractivity contribution in [2.75, 3.05) is 180 Å². The highest BCUT2D eigenvalue weighted by Crippen LogP contribution is 2.40. The molecule has 0 aliphatic rings. The van der Waals surface area contributed by atoms with Crippen LogP contribution >= 0.6 is 0 Å². The minimum atomic E-state index is 0.210. The average molecular weight is 955 g/mol. The van der Waals surface area contributed by atoms with Gasteiger partial charge in [0.15, 0.2) is 17.3 Å². The minimum Gasteiger partial charge on any atom is -0.487 e. The Morgan fingerprint density at radius 2 is 0.750 bits per heavy atom. The Bertz CT molecular complexity index is 1760. The van der Waals surface area contributed by atoms with Crippen LogP contribution in [0.15, 0.2) is 67.0 Å². The molecular formula is C49H70N4O15. The maximum atomic E-state index is 6.35. The topological polar surface area (TPSA) is 190 Å². The zero-order valence-electron chi connectivity index (χ0n) is 39.9. The molecule has 0 N–H and O–H groups in total. The first-order chi connectivity index (χ1) is 33.7. The standard InChI is InChI=1S/C49H70N4O15/c1-54-14-17-57-20-23-60-26-29-63-32-35-66-46-38-41(10-11-42-40-45(43-8-4-6-12-50-43)53-49(52-42)44-9-5-7-13-51-44)39-47(67-36-33-64-30-27-61-24-21-58-18-15-55-2)48(46)68-37-34-65-31-28-62-25-22-59-19-16-56-3/h4-13,38-40H,14-37H2,1-3H3/b11-10+. The second-order valence-electron chi connectivity index (χ2n) is 14.1. The summed E-state index contributed by atoms with van der Waals surface area (Å²) in [5.74, 6) is 1.76. The molecule has 0 saturated carbocycles. The van der Waals surface area contributed by atoms with E-state index >= 15 is 0 Å². The molecule has 4 rings (SSSR count). The molecule has 4 aromatic rings. The van der Waals surface area contributed by atoms with E-state index in [0.717, 1.165) is 5.56 Å². The Labute approximate surface area is 400 Å². The van der Waals surface area contributed by atoms with Crippen LogP contribution in [0, 0.1) is 0 Å². The Kier molecular flexibility index (Phi) is 31.3. The highest BCUT2D eigenvalue weighted by Gasteiger charge is 2.17. The number of benzene rings is 1. The molecule has 68 heavy (non-hydrogen) atoms. The van der Waals surface area contributed by atoms with Crippen LogP contribution in [0.3, 0.4) is 0 Å². The molecule has 1 aromatic carbocycles. The van der Waals surface area contributed by atoms with Crippen LogP contribution in [-0.4, -0.2) is 200 Å². The molecular weight excluding hydrogens is 885 g/mol. The average Bonchev–Trinajstić information content (AvgIpc) is 3.37. The van der Waals surface area contributed by atoms with Crippen molar-refractivity contribution in [3.63, 3.8) is 0 Å². The molecule has 0 aliphatic heterocycles. The fourth-order valence-electron chi connectivity index (χ4n) is 5.71. The van der Waals surface area contributed by atoms with Gasteiger partial charge in [-0.1, -0.05) is 18.2 Å². The van der Waals surface area contributed by atoms with E-state index in [1.165, 1.54) is 0 Å². The number of ether oxygens (including phenoxy) is 15. The van der Waals surface area contributed by atoms with Gasteiger partial charge in [0.05, 0.1) is 156 Å². The number of aromatic nitrogens is 4. The lowest BCUT2D eigenvalue weighted by atomic mass is 10.1. The molecule has 0 atom stereocenters. The molecule has 3 heterocycles. The number of rotatable bonds is 43. The summed E-state index contributed by atoms with van der Waals surface area (Å²) >= 11 is 0. The van der Waals surface area contributed by atoms with Gasteiger partial charge in [-0.25, -0.2) is 9.97 Å². The zero-order chi connectivity index (χ0) is 47.8. The maximum absolute atomic E-state index is 6.35. The van der Waals surface area contributed by atoms with Crippen molar-refractivity contribution in [3.8, 4) is 40.2 Å². The summed E-state index contributed by atoms with van der Waals surface area (Å²) in [4.78, 5) is 18.7. The summed E-state index contributed by atoms with van der Waals surface area (Å²) in [6, 6.07) is 16.9. The minimum absolute atomic E-state index is 0.210. The van der Waals surface area contributed by atoms with Crippen molar-refractivity contribution < 1.29 is 71.1 Å². The van der Waals surface area contributed by atoms with Crippen LogP contribution in [0.1, 0.15) is 11.3 Å². The van der Waals surface area contributed by atoms with E-state index in [-0.39, 0.29) is 19.8 Å². The third-order valence-corrected chi connectivity index (χ3v) is 9.03. The summed E-state index contributed by atoms with van der Waals surface area (Å²) in [6.07, 6.45) is 7.25. The van der Waals surface area contributed by atoms with Crippen LogP contribution in [0.5, 0.6) is 17.2 Å². The van der Waals surface area contributed by atoms with Gasteiger partial charge in [0.25, 0.3) is 0 Å².